The molecule has 0 aromatic heterocycles. The average Bonchev–Trinajstić information content (AvgIpc) is 2.47. The summed E-state index contributed by atoms with van der Waals surface area (Å²) in [4.78, 5) is 12.1. The van der Waals surface area contributed by atoms with Gasteiger partial charge >= 0.3 is 0 Å². The van der Waals surface area contributed by atoms with Gasteiger partial charge in [-0.25, -0.2) is 0 Å². The Labute approximate surface area is 123 Å². The molecular weight excluding hydrogens is 266 g/mol. The lowest BCUT2D eigenvalue weighted by Gasteiger charge is -2.30. The molecule has 0 bridgehead atoms. The molecule has 0 aliphatic heterocycles. The van der Waals surface area contributed by atoms with Gasteiger partial charge in [-0.2, -0.15) is 0 Å². The van der Waals surface area contributed by atoms with Gasteiger partial charge in [0.1, 0.15) is 11.5 Å². The number of phenols is 1. The molecule has 3 rings (SSSR count). The molecule has 1 atom stereocenters. The van der Waals surface area contributed by atoms with Crippen LogP contribution in [-0.2, 0) is 6.42 Å². The van der Waals surface area contributed by atoms with Crippen LogP contribution in [0.2, 0.25) is 0 Å². The summed E-state index contributed by atoms with van der Waals surface area (Å²) >= 11 is 0. The van der Waals surface area contributed by atoms with E-state index in [9.17, 15) is 9.90 Å². The fraction of sp³-hybridized carbons (Fsp3) is 0.235. The highest BCUT2D eigenvalue weighted by Crippen LogP contribution is 2.34. The molecule has 0 heterocycles. The highest BCUT2D eigenvalue weighted by Gasteiger charge is 2.25. The molecule has 2 aromatic carbocycles. The van der Waals surface area contributed by atoms with Crippen molar-refractivity contribution in [3.8, 4) is 11.5 Å². The Bertz CT molecular complexity index is 681. The zero-order valence-electron chi connectivity index (χ0n) is 11.8. The Morgan fingerprint density at radius 1 is 1.33 bits per heavy atom. The number of amides is 1. The van der Waals surface area contributed by atoms with Gasteiger partial charge in [0, 0.05) is 18.5 Å². The van der Waals surface area contributed by atoms with Crippen LogP contribution in [-0.4, -0.2) is 24.7 Å². The number of phenolic OH excluding ortho intramolecular Hbond substituents is 1. The highest BCUT2D eigenvalue weighted by molar-refractivity contribution is 5.97. The van der Waals surface area contributed by atoms with E-state index in [1.165, 1.54) is 24.3 Å². The second-order valence-corrected chi connectivity index (χ2v) is 5.19. The van der Waals surface area contributed by atoms with Gasteiger partial charge in [-0.1, -0.05) is 24.3 Å². The number of benzene rings is 2. The average molecular weight is 283 g/mol. The maximum absolute atomic E-state index is 12.1. The first-order chi connectivity index (χ1) is 10.2. The Morgan fingerprint density at radius 2 is 2.14 bits per heavy atom. The second-order valence-electron chi connectivity index (χ2n) is 5.19. The minimum Gasteiger partial charge on any atom is -0.507 e. The molecule has 1 unspecified atom stereocenters. The van der Waals surface area contributed by atoms with Gasteiger partial charge in [-0.05, 0) is 29.7 Å². The van der Waals surface area contributed by atoms with E-state index in [0.717, 1.165) is 6.42 Å². The standard InChI is InChI=1S/C17H17NO3/c1-21-13-6-7-15(16(19)9-13)17(20)18-10-12-8-11-4-2-3-5-14(11)12/h2-7,9,12,19H,8,10H2,1H3,(H,18,20). The van der Waals surface area contributed by atoms with E-state index in [1.807, 2.05) is 12.1 Å². The number of carbonyl (C=O) groups is 1. The molecule has 21 heavy (non-hydrogen) atoms. The van der Waals surface area contributed by atoms with Crippen LogP contribution in [0.25, 0.3) is 0 Å². The first-order valence-electron chi connectivity index (χ1n) is 6.92. The molecule has 1 amide bonds. The predicted octanol–water partition coefficient (Wildman–Crippen LogP) is 2.47. The molecule has 0 saturated carbocycles. The lowest BCUT2D eigenvalue weighted by atomic mass is 9.77. The topological polar surface area (TPSA) is 58.6 Å². The second kappa shape index (κ2) is 5.48. The van der Waals surface area contributed by atoms with Crippen LogP contribution in [0.15, 0.2) is 42.5 Å². The van der Waals surface area contributed by atoms with Gasteiger partial charge in [0.2, 0.25) is 0 Å². The van der Waals surface area contributed by atoms with Crippen LogP contribution in [0.5, 0.6) is 11.5 Å². The van der Waals surface area contributed by atoms with Crippen molar-refractivity contribution in [3.05, 3.63) is 59.2 Å². The highest BCUT2D eigenvalue weighted by atomic mass is 16.5. The van der Waals surface area contributed by atoms with E-state index < -0.39 is 0 Å². The number of hydrogen-bond donors (Lipinski definition) is 2. The number of aromatic hydroxyl groups is 1. The van der Waals surface area contributed by atoms with Crippen molar-refractivity contribution in [2.75, 3.05) is 13.7 Å². The Kier molecular flexibility index (Phi) is 3.52. The van der Waals surface area contributed by atoms with Crippen LogP contribution < -0.4 is 10.1 Å². The first-order valence-corrected chi connectivity index (χ1v) is 6.92. The molecule has 4 heteroatoms. The van der Waals surface area contributed by atoms with Gasteiger partial charge in [0.25, 0.3) is 5.91 Å². The van der Waals surface area contributed by atoms with Gasteiger partial charge in [-0.3, -0.25) is 4.79 Å². The molecule has 0 radical (unpaired) electrons. The van der Waals surface area contributed by atoms with E-state index in [4.69, 9.17) is 4.74 Å². The third kappa shape index (κ3) is 2.57. The fourth-order valence-corrected chi connectivity index (χ4v) is 2.69. The van der Waals surface area contributed by atoms with Crippen LogP contribution in [0.1, 0.15) is 27.4 Å². The van der Waals surface area contributed by atoms with E-state index >= 15 is 0 Å². The maximum Gasteiger partial charge on any atom is 0.255 e. The van der Waals surface area contributed by atoms with Crippen molar-refractivity contribution in [2.24, 2.45) is 0 Å². The van der Waals surface area contributed by atoms with Gasteiger partial charge in [0.05, 0.1) is 12.7 Å². The lowest BCUT2D eigenvalue weighted by molar-refractivity contribution is 0.0947. The number of ether oxygens (including phenoxy) is 1. The van der Waals surface area contributed by atoms with E-state index in [0.29, 0.717) is 18.2 Å². The molecule has 2 aromatic rings. The summed E-state index contributed by atoms with van der Waals surface area (Å²) in [5.74, 6) is 0.558. The normalized spacial score (nSPS) is 15.8. The summed E-state index contributed by atoms with van der Waals surface area (Å²) in [5, 5.41) is 12.7. The molecule has 108 valence electrons. The predicted molar refractivity (Wildman–Crippen MR) is 79.9 cm³/mol. The fourth-order valence-electron chi connectivity index (χ4n) is 2.69. The Morgan fingerprint density at radius 3 is 2.86 bits per heavy atom. The molecule has 2 N–H and O–H groups in total. The van der Waals surface area contributed by atoms with Crippen molar-refractivity contribution in [1.29, 1.82) is 0 Å². The summed E-state index contributed by atoms with van der Waals surface area (Å²) in [7, 11) is 1.52. The van der Waals surface area contributed by atoms with Crippen molar-refractivity contribution >= 4 is 5.91 Å². The Hall–Kier alpha value is -2.49. The molecule has 0 saturated heterocycles. The van der Waals surface area contributed by atoms with E-state index in [1.54, 1.807) is 12.1 Å². The summed E-state index contributed by atoms with van der Waals surface area (Å²) in [6.07, 6.45) is 0.991. The number of carbonyl (C=O) groups excluding carboxylic acids is 1. The maximum atomic E-state index is 12.1. The third-order valence-corrected chi connectivity index (χ3v) is 3.92. The first kappa shape index (κ1) is 13.5. The van der Waals surface area contributed by atoms with Crippen molar-refractivity contribution in [3.63, 3.8) is 0 Å². The molecule has 1 aliphatic carbocycles. The smallest absolute Gasteiger partial charge is 0.255 e. The van der Waals surface area contributed by atoms with Crippen molar-refractivity contribution < 1.29 is 14.6 Å². The van der Waals surface area contributed by atoms with E-state index in [2.05, 4.69) is 17.4 Å². The summed E-state index contributed by atoms with van der Waals surface area (Å²) in [5.41, 5.74) is 2.92. The molecule has 0 fully saturated rings. The van der Waals surface area contributed by atoms with E-state index in [-0.39, 0.29) is 17.2 Å². The van der Waals surface area contributed by atoms with Crippen LogP contribution in [0, 0.1) is 0 Å². The zero-order valence-corrected chi connectivity index (χ0v) is 11.8. The molecule has 0 spiro atoms. The Balaban J connectivity index is 1.63. The molecule has 1 aliphatic rings. The number of hydrogen-bond acceptors (Lipinski definition) is 3. The van der Waals surface area contributed by atoms with Crippen LogP contribution >= 0.6 is 0 Å². The zero-order chi connectivity index (χ0) is 14.8. The largest absolute Gasteiger partial charge is 0.507 e. The monoisotopic (exact) mass is 283 g/mol. The SMILES string of the molecule is COc1ccc(C(=O)NCC2Cc3ccccc32)c(O)c1. The van der Waals surface area contributed by atoms with Gasteiger partial charge < -0.3 is 15.2 Å². The van der Waals surface area contributed by atoms with Gasteiger partial charge in [0.15, 0.2) is 0 Å². The third-order valence-electron chi connectivity index (χ3n) is 3.92. The van der Waals surface area contributed by atoms with Crippen molar-refractivity contribution in [1.82, 2.24) is 5.32 Å². The molecule has 4 nitrogen and oxygen atoms in total. The quantitative estimate of drug-likeness (QED) is 0.906. The minimum atomic E-state index is -0.264. The lowest BCUT2D eigenvalue weighted by Crippen LogP contribution is -2.33. The van der Waals surface area contributed by atoms with Crippen molar-refractivity contribution in [2.45, 2.75) is 12.3 Å². The number of fused-ring (bicyclic) bond motifs is 1. The number of rotatable bonds is 4. The van der Waals surface area contributed by atoms with Crippen LogP contribution in [0.3, 0.4) is 0 Å². The van der Waals surface area contributed by atoms with Crippen LogP contribution in [0.4, 0.5) is 0 Å². The number of nitrogens with one attached hydrogen (secondary N) is 1. The van der Waals surface area contributed by atoms with Gasteiger partial charge in [-0.15, -0.1) is 0 Å². The molecular formula is C17H17NO3. The summed E-state index contributed by atoms with van der Waals surface area (Å²) < 4.78 is 5.00. The summed E-state index contributed by atoms with van der Waals surface area (Å²) in [6.45, 7) is 0.585. The number of methoxy groups -OCH3 is 1. The minimum absolute atomic E-state index is 0.0686. The summed E-state index contributed by atoms with van der Waals surface area (Å²) in [6, 6.07) is 12.9.